The van der Waals surface area contributed by atoms with E-state index in [4.69, 9.17) is 14.2 Å². The fraction of sp³-hybridized carbons (Fsp3) is 0.417. The predicted octanol–water partition coefficient (Wildman–Crippen LogP) is 4.75. The number of thioether (sulfide) groups is 1. The summed E-state index contributed by atoms with van der Waals surface area (Å²) >= 11 is 1.66. The van der Waals surface area contributed by atoms with Crippen molar-refractivity contribution in [3.05, 3.63) is 75.9 Å². The molecule has 2 aliphatic rings. The van der Waals surface area contributed by atoms with Gasteiger partial charge >= 0.3 is 0 Å². The van der Waals surface area contributed by atoms with Gasteiger partial charge in [0.2, 0.25) is 23.0 Å². The summed E-state index contributed by atoms with van der Waals surface area (Å²) in [5.41, 5.74) is 4.35. The molecule has 10 nitrogen and oxygen atoms in total. The van der Waals surface area contributed by atoms with E-state index >= 15 is 0 Å². The van der Waals surface area contributed by atoms with Gasteiger partial charge in [0.1, 0.15) is 6.04 Å². The summed E-state index contributed by atoms with van der Waals surface area (Å²) in [4.78, 5) is 44.4. The molecule has 11 heteroatoms. The Morgan fingerprint density at radius 1 is 0.957 bits per heavy atom. The van der Waals surface area contributed by atoms with Crippen LogP contribution in [-0.2, 0) is 16.0 Å². The highest BCUT2D eigenvalue weighted by atomic mass is 32.2. The lowest BCUT2D eigenvalue weighted by Crippen LogP contribution is -2.53. The number of rotatable bonds is 11. The van der Waals surface area contributed by atoms with Gasteiger partial charge in [-0.05, 0) is 78.3 Å². The van der Waals surface area contributed by atoms with Crippen molar-refractivity contribution in [3.8, 4) is 28.4 Å². The number of piperazine rings is 1. The number of nitrogens with zero attached hydrogens (tertiary/aromatic N) is 2. The number of para-hydroxylation sites is 1. The molecule has 0 spiro atoms. The molecule has 1 aliphatic heterocycles. The number of ether oxygens (including phenoxy) is 3. The molecule has 1 heterocycles. The van der Waals surface area contributed by atoms with Crippen molar-refractivity contribution < 1.29 is 23.8 Å². The summed E-state index contributed by atoms with van der Waals surface area (Å²) in [6.07, 6.45) is 3.75. The van der Waals surface area contributed by atoms with Crippen LogP contribution < -0.4 is 35.2 Å². The third-order valence-corrected chi connectivity index (χ3v) is 9.51. The summed E-state index contributed by atoms with van der Waals surface area (Å²) < 4.78 is 17.2. The van der Waals surface area contributed by atoms with Crippen LogP contribution in [-0.4, -0.2) is 82.3 Å². The number of hydrogen-bond donors (Lipinski definition) is 2. The molecule has 2 amide bonds. The van der Waals surface area contributed by atoms with Crippen molar-refractivity contribution >= 4 is 35.0 Å². The number of anilines is 2. The maximum absolute atomic E-state index is 13.9. The van der Waals surface area contributed by atoms with Crippen molar-refractivity contribution in [2.24, 2.45) is 0 Å². The van der Waals surface area contributed by atoms with Crippen LogP contribution in [0.3, 0.4) is 0 Å². The Kier molecular flexibility index (Phi) is 11.2. The lowest BCUT2D eigenvalue weighted by atomic mass is 9.95. The smallest absolute Gasteiger partial charge is 0.245 e. The molecule has 2 N–H and O–H groups in total. The minimum Gasteiger partial charge on any atom is -0.493 e. The first-order chi connectivity index (χ1) is 22.8. The molecular formula is C36H44N4O6S. The van der Waals surface area contributed by atoms with E-state index < -0.39 is 12.1 Å². The van der Waals surface area contributed by atoms with Gasteiger partial charge in [-0.1, -0.05) is 24.3 Å². The van der Waals surface area contributed by atoms with Crippen LogP contribution in [0.5, 0.6) is 17.2 Å². The fourth-order valence-corrected chi connectivity index (χ4v) is 7.02. The molecule has 0 radical (unpaired) electrons. The Morgan fingerprint density at radius 3 is 2.32 bits per heavy atom. The number of carbonyl (C=O) groups excluding carboxylic acids is 2. The number of aryl methyl sites for hydroxylation is 1. The average Bonchev–Trinajstić information content (AvgIpc) is 3.33. The summed E-state index contributed by atoms with van der Waals surface area (Å²) in [6, 6.07) is 16.4. The number of hydrogen-bond acceptors (Lipinski definition) is 9. The minimum absolute atomic E-state index is 0.0146. The van der Waals surface area contributed by atoms with E-state index in [1.165, 1.54) is 6.92 Å². The average molecular weight is 661 g/mol. The van der Waals surface area contributed by atoms with E-state index in [1.807, 2.05) is 41.5 Å². The lowest BCUT2D eigenvalue weighted by Gasteiger charge is -2.37. The molecule has 250 valence electrons. The summed E-state index contributed by atoms with van der Waals surface area (Å²) in [5, 5.41) is 6.38. The summed E-state index contributed by atoms with van der Waals surface area (Å²) in [5.74, 6) is 2.02. The Hall–Kier alpha value is -4.38. The quantitative estimate of drug-likeness (QED) is 0.301. The van der Waals surface area contributed by atoms with Crippen LogP contribution in [0.4, 0.5) is 11.4 Å². The van der Waals surface area contributed by atoms with E-state index in [2.05, 4.69) is 27.7 Å². The van der Waals surface area contributed by atoms with Gasteiger partial charge in [-0.15, -0.1) is 0 Å². The number of carbonyl (C=O) groups is 2. The largest absolute Gasteiger partial charge is 0.493 e. The number of nitrogens with one attached hydrogen (secondary N) is 2. The summed E-state index contributed by atoms with van der Waals surface area (Å²) in [6.45, 7) is 4.16. The zero-order valence-corrected chi connectivity index (χ0v) is 28.6. The molecule has 1 aliphatic carbocycles. The standard InChI is InChI=1S/C36H44N4O6S/c1-23(41)37-28-13-11-24-21-32(44-2)34(45-3)35(46-4)33(24)26-12-14-29(31(42)22-27(26)28)38-30(15-20-47-5)36(43)40-18-16-39(17-19-40)25-9-7-6-8-10-25/h6-10,12,14,21-22,28,30H,11,13,15-20H2,1-5H3,(H,37,41)(H,38,42). The molecule has 5 rings (SSSR count). The highest BCUT2D eigenvalue weighted by molar-refractivity contribution is 7.98. The monoisotopic (exact) mass is 660 g/mol. The SMILES string of the molecule is COc1cc2c(c(OC)c1OC)-c1ccc(NC(CCSC)C(=O)N3CCN(c4ccccc4)CC3)c(=O)cc1C(NC(C)=O)CC2. The normalized spacial score (nSPS) is 16.2. The Labute approximate surface area is 280 Å². The molecule has 3 aromatic rings. The fourth-order valence-electron chi connectivity index (χ4n) is 6.55. The highest BCUT2D eigenvalue weighted by Gasteiger charge is 2.31. The van der Waals surface area contributed by atoms with Gasteiger partial charge in [0.25, 0.3) is 0 Å². The number of methoxy groups -OCH3 is 3. The molecule has 1 saturated heterocycles. The van der Waals surface area contributed by atoms with Crippen molar-refractivity contribution in [2.45, 2.75) is 38.3 Å². The van der Waals surface area contributed by atoms with E-state index in [1.54, 1.807) is 45.2 Å². The van der Waals surface area contributed by atoms with Crippen LogP contribution >= 0.6 is 11.8 Å². The number of amides is 2. The molecule has 0 aromatic heterocycles. The first kappa shape index (κ1) is 34.0. The maximum atomic E-state index is 13.9. The van der Waals surface area contributed by atoms with Gasteiger partial charge in [-0.2, -0.15) is 11.8 Å². The first-order valence-corrected chi connectivity index (χ1v) is 17.3. The lowest BCUT2D eigenvalue weighted by molar-refractivity contribution is -0.132. The van der Waals surface area contributed by atoms with Gasteiger partial charge in [-0.25, -0.2) is 0 Å². The second-order valence-corrected chi connectivity index (χ2v) is 12.7. The Morgan fingerprint density at radius 2 is 1.68 bits per heavy atom. The molecule has 2 atom stereocenters. The van der Waals surface area contributed by atoms with Crippen LogP contribution in [0.1, 0.15) is 36.9 Å². The van der Waals surface area contributed by atoms with E-state index in [-0.39, 0.29) is 17.2 Å². The van der Waals surface area contributed by atoms with Crippen LogP contribution in [0.25, 0.3) is 11.1 Å². The van der Waals surface area contributed by atoms with Crippen molar-refractivity contribution in [1.29, 1.82) is 0 Å². The third kappa shape index (κ3) is 7.45. The second-order valence-electron chi connectivity index (χ2n) is 11.7. The predicted molar refractivity (Wildman–Crippen MR) is 188 cm³/mol. The van der Waals surface area contributed by atoms with Crippen molar-refractivity contribution in [2.75, 3.05) is 69.7 Å². The molecule has 1 fully saturated rings. The van der Waals surface area contributed by atoms with E-state index in [0.717, 1.165) is 41.2 Å². The first-order valence-electron chi connectivity index (χ1n) is 15.9. The van der Waals surface area contributed by atoms with Crippen LogP contribution in [0, 0.1) is 0 Å². The molecular weight excluding hydrogens is 616 g/mol. The molecule has 47 heavy (non-hydrogen) atoms. The third-order valence-electron chi connectivity index (χ3n) is 8.87. The van der Waals surface area contributed by atoms with Crippen molar-refractivity contribution in [3.63, 3.8) is 0 Å². The van der Waals surface area contributed by atoms with E-state index in [9.17, 15) is 14.4 Å². The molecule has 0 saturated carbocycles. The van der Waals surface area contributed by atoms with Gasteiger partial charge < -0.3 is 34.6 Å². The molecule has 3 aromatic carbocycles. The zero-order valence-electron chi connectivity index (χ0n) is 27.8. The Balaban J connectivity index is 1.51. The number of benzene rings is 2. The van der Waals surface area contributed by atoms with Gasteiger partial charge in [0.15, 0.2) is 11.5 Å². The zero-order chi connectivity index (χ0) is 33.5. The minimum atomic E-state index is -0.571. The van der Waals surface area contributed by atoms with Crippen LogP contribution in [0.2, 0.25) is 0 Å². The maximum Gasteiger partial charge on any atom is 0.245 e. The van der Waals surface area contributed by atoms with E-state index in [0.29, 0.717) is 60.9 Å². The molecule has 2 unspecified atom stereocenters. The second kappa shape index (κ2) is 15.5. The number of fused-ring (bicyclic) bond motifs is 3. The Bertz CT molecular complexity index is 1640. The molecule has 0 bridgehead atoms. The highest BCUT2D eigenvalue weighted by Crippen LogP contribution is 2.50. The van der Waals surface area contributed by atoms with Gasteiger partial charge in [0.05, 0.1) is 33.1 Å². The topological polar surface area (TPSA) is 109 Å². The van der Waals surface area contributed by atoms with Gasteiger partial charge in [0, 0.05) is 44.4 Å². The summed E-state index contributed by atoms with van der Waals surface area (Å²) in [7, 11) is 4.71. The van der Waals surface area contributed by atoms with Crippen LogP contribution in [0.15, 0.2) is 59.4 Å². The van der Waals surface area contributed by atoms with Gasteiger partial charge in [-0.3, -0.25) is 14.4 Å². The van der Waals surface area contributed by atoms with Crippen molar-refractivity contribution in [1.82, 2.24) is 10.2 Å².